The van der Waals surface area contributed by atoms with Crippen LogP contribution in [0.2, 0.25) is 0 Å². The van der Waals surface area contributed by atoms with Crippen LogP contribution in [0.15, 0.2) is 28.1 Å². The predicted octanol–water partition coefficient (Wildman–Crippen LogP) is 5.08. The van der Waals surface area contributed by atoms with Crippen molar-refractivity contribution in [3.05, 3.63) is 39.4 Å². The number of nitrogens with two attached hydrogens (primary N) is 1. The van der Waals surface area contributed by atoms with Gasteiger partial charge in [-0.05, 0) is 54.1 Å². The fourth-order valence-corrected chi connectivity index (χ4v) is 3.76. The van der Waals surface area contributed by atoms with E-state index >= 15 is 0 Å². The molecule has 0 aliphatic carbocycles. The number of benzene rings is 1. The molecule has 0 radical (unpaired) electrons. The first-order valence-electron chi connectivity index (χ1n) is 6.13. The number of thiophene rings is 1. The van der Waals surface area contributed by atoms with Gasteiger partial charge < -0.3 is 10.5 Å². The molecule has 0 unspecified atom stereocenters. The first kappa shape index (κ1) is 13.6. The maximum absolute atomic E-state index is 13.8. The van der Waals surface area contributed by atoms with Crippen molar-refractivity contribution < 1.29 is 9.13 Å². The van der Waals surface area contributed by atoms with Crippen LogP contribution in [0, 0.1) is 5.82 Å². The van der Waals surface area contributed by atoms with Crippen LogP contribution in [-0.4, -0.2) is 5.60 Å². The van der Waals surface area contributed by atoms with E-state index in [2.05, 4.69) is 15.9 Å². The lowest BCUT2D eigenvalue weighted by Crippen LogP contribution is -2.27. The summed E-state index contributed by atoms with van der Waals surface area (Å²) < 4.78 is 20.7. The molecule has 0 amide bonds. The standard InChI is InChI=1S/C15H13BrFNOS/c1-15(2)4-3-8-5-9(17)6-10(13(8)19-15)11-7-12(18)20-14(11)16/h3-7H,18H2,1-2H3. The summed E-state index contributed by atoms with van der Waals surface area (Å²) in [5.74, 6) is 0.403. The molecule has 20 heavy (non-hydrogen) atoms. The number of halogens is 2. The summed E-state index contributed by atoms with van der Waals surface area (Å²) in [6.45, 7) is 3.94. The Morgan fingerprint density at radius 2 is 2.00 bits per heavy atom. The Morgan fingerprint density at radius 3 is 2.65 bits per heavy atom. The molecule has 0 fully saturated rings. The van der Waals surface area contributed by atoms with Gasteiger partial charge in [0.25, 0.3) is 0 Å². The number of nitrogen functional groups attached to an aromatic ring is 1. The van der Waals surface area contributed by atoms with Crippen LogP contribution in [0.3, 0.4) is 0 Å². The molecule has 1 aromatic carbocycles. The Kier molecular flexibility index (Phi) is 3.14. The lowest BCUT2D eigenvalue weighted by molar-refractivity contribution is 0.159. The molecule has 0 spiro atoms. The molecule has 104 valence electrons. The fourth-order valence-electron chi connectivity index (χ4n) is 2.21. The van der Waals surface area contributed by atoms with Crippen molar-refractivity contribution in [2.45, 2.75) is 19.4 Å². The summed E-state index contributed by atoms with van der Waals surface area (Å²) in [4.78, 5) is 0. The maximum Gasteiger partial charge on any atom is 0.135 e. The van der Waals surface area contributed by atoms with Crippen molar-refractivity contribution in [1.29, 1.82) is 0 Å². The first-order valence-corrected chi connectivity index (χ1v) is 7.74. The average Bonchev–Trinajstić information content (AvgIpc) is 2.67. The summed E-state index contributed by atoms with van der Waals surface area (Å²) in [5, 5.41) is 0.676. The van der Waals surface area contributed by atoms with Crippen LogP contribution in [0.25, 0.3) is 17.2 Å². The van der Waals surface area contributed by atoms with E-state index in [1.165, 1.54) is 23.5 Å². The van der Waals surface area contributed by atoms with Gasteiger partial charge >= 0.3 is 0 Å². The van der Waals surface area contributed by atoms with E-state index in [0.717, 1.165) is 20.5 Å². The van der Waals surface area contributed by atoms with Gasteiger partial charge in [-0.3, -0.25) is 0 Å². The summed E-state index contributed by atoms with van der Waals surface area (Å²) in [6, 6.07) is 4.80. The molecule has 3 rings (SSSR count). The molecule has 2 aromatic rings. The van der Waals surface area contributed by atoms with Gasteiger partial charge in [-0.15, -0.1) is 11.3 Å². The molecular formula is C15H13BrFNOS. The van der Waals surface area contributed by atoms with Crippen LogP contribution in [0.5, 0.6) is 5.75 Å². The molecule has 0 atom stereocenters. The highest BCUT2D eigenvalue weighted by atomic mass is 79.9. The van der Waals surface area contributed by atoms with E-state index in [0.29, 0.717) is 10.8 Å². The van der Waals surface area contributed by atoms with Crippen molar-refractivity contribution in [2.75, 3.05) is 5.73 Å². The fraction of sp³-hybridized carbons (Fsp3) is 0.200. The predicted molar refractivity (Wildman–Crippen MR) is 85.6 cm³/mol. The van der Waals surface area contributed by atoms with Crippen molar-refractivity contribution in [3.8, 4) is 16.9 Å². The average molecular weight is 354 g/mol. The minimum Gasteiger partial charge on any atom is -0.483 e. The maximum atomic E-state index is 13.8. The minimum absolute atomic E-state index is 0.289. The number of fused-ring (bicyclic) bond motifs is 1. The van der Waals surface area contributed by atoms with E-state index in [1.54, 1.807) is 0 Å². The molecule has 0 saturated carbocycles. The van der Waals surface area contributed by atoms with Crippen molar-refractivity contribution in [3.63, 3.8) is 0 Å². The molecule has 5 heteroatoms. The van der Waals surface area contributed by atoms with Crippen molar-refractivity contribution in [2.24, 2.45) is 0 Å². The van der Waals surface area contributed by atoms with Gasteiger partial charge in [-0.2, -0.15) is 0 Å². The quantitative estimate of drug-likeness (QED) is 0.775. The van der Waals surface area contributed by atoms with Gasteiger partial charge in [0.05, 0.1) is 8.79 Å². The van der Waals surface area contributed by atoms with E-state index in [9.17, 15) is 4.39 Å². The third-order valence-electron chi connectivity index (χ3n) is 3.11. The largest absolute Gasteiger partial charge is 0.483 e. The first-order chi connectivity index (χ1) is 9.35. The smallest absolute Gasteiger partial charge is 0.135 e. The molecule has 2 nitrogen and oxygen atoms in total. The highest BCUT2D eigenvalue weighted by Gasteiger charge is 2.26. The SMILES string of the molecule is CC1(C)C=Cc2cc(F)cc(-c3cc(N)sc3Br)c2O1. The van der Waals surface area contributed by atoms with Gasteiger partial charge in [-0.25, -0.2) is 4.39 Å². The molecule has 2 N–H and O–H groups in total. The van der Waals surface area contributed by atoms with Gasteiger partial charge in [0.1, 0.15) is 17.2 Å². The van der Waals surface area contributed by atoms with Crippen LogP contribution in [-0.2, 0) is 0 Å². The Balaban J connectivity index is 2.25. The topological polar surface area (TPSA) is 35.2 Å². The summed E-state index contributed by atoms with van der Waals surface area (Å²) in [5.41, 5.74) is 7.74. The molecule has 2 heterocycles. The van der Waals surface area contributed by atoms with Crippen LogP contribution in [0.4, 0.5) is 9.39 Å². The Bertz CT molecular complexity index is 721. The van der Waals surface area contributed by atoms with Gasteiger partial charge in [0, 0.05) is 16.7 Å². The van der Waals surface area contributed by atoms with Crippen LogP contribution in [0.1, 0.15) is 19.4 Å². The molecule has 1 aliphatic heterocycles. The van der Waals surface area contributed by atoms with E-state index < -0.39 is 5.60 Å². The third kappa shape index (κ3) is 2.36. The van der Waals surface area contributed by atoms with Gasteiger partial charge in [-0.1, -0.05) is 6.08 Å². The van der Waals surface area contributed by atoms with Crippen molar-refractivity contribution >= 4 is 38.3 Å². The van der Waals surface area contributed by atoms with Gasteiger partial charge in [0.15, 0.2) is 0 Å². The Labute approximate surface area is 129 Å². The van der Waals surface area contributed by atoms with Crippen LogP contribution >= 0.6 is 27.3 Å². The zero-order valence-corrected chi connectivity index (χ0v) is 13.4. The second kappa shape index (κ2) is 4.60. The molecule has 0 bridgehead atoms. The Morgan fingerprint density at radius 1 is 1.25 bits per heavy atom. The second-order valence-corrected chi connectivity index (χ2v) is 7.65. The van der Waals surface area contributed by atoms with Crippen LogP contribution < -0.4 is 10.5 Å². The zero-order chi connectivity index (χ0) is 14.5. The summed E-state index contributed by atoms with van der Waals surface area (Å²) in [7, 11) is 0. The number of anilines is 1. The van der Waals surface area contributed by atoms with Crippen molar-refractivity contribution in [1.82, 2.24) is 0 Å². The van der Waals surface area contributed by atoms with E-state index in [4.69, 9.17) is 10.5 Å². The number of rotatable bonds is 1. The number of hydrogen-bond acceptors (Lipinski definition) is 3. The lowest BCUT2D eigenvalue weighted by atomic mass is 9.97. The molecule has 0 saturated heterocycles. The lowest BCUT2D eigenvalue weighted by Gasteiger charge is -2.29. The summed E-state index contributed by atoms with van der Waals surface area (Å²) in [6.07, 6.45) is 3.82. The number of hydrogen-bond donors (Lipinski definition) is 1. The zero-order valence-electron chi connectivity index (χ0n) is 11.0. The molecule has 1 aromatic heterocycles. The third-order valence-corrected chi connectivity index (χ3v) is 4.77. The molecular weight excluding hydrogens is 341 g/mol. The second-order valence-electron chi connectivity index (χ2n) is 5.25. The normalized spacial score (nSPS) is 15.8. The minimum atomic E-state index is -0.409. The monoisotopic (exact) mass is 353 g/mol. The van der Waals surface area contributed by atoms with E-state index in [-0.39, 0.29) is 5.82 Å². The van der Waals surface area contributed by atoms with Gasteiger partial charge in [0.2, 0.25) is 0 Å². The highest BCUT2D eigenvalue weighted by molar-refractivity contribution is 9.11. The molecule has 1 aliphatic rings. The highest BCUT2D eigenvalue weighted by Crippen LogP contribution is 2.45. The summed E-state index contributed by atoms with van der Waals surface area (Å²) >= 11 is 4.90. The number of ether oxygens (including phenoxy) is 1. The Hall–Kier alpha value is -1.33. The van der Waals surface area contributed by atoms with E-state index in [1.807, 2.05) is 32.1 Å².